The summed E-state index contributed by atoms with van der Waals surface area (Å²) in [5.74, 6) is 0. The average molecular weight is 324 g/mol. The minimum atomic E-state index is -3.75. The van der Waals surface area contributed by atoms with Gasteiger partial charge in [-0.3, -0.25) is 0 Å². The number of nitrogens with zero attached hydrogens (tertiary/aromatic N) is 2. The molecule has 0 atom stereocenters. The summed E-state index contributed by atoms with van der Waals surface area (Å²) in [5.41, 5.74) is 3.54. The third-order valence-corrected chi connectivity index (χ3v) is 5.64. The van der Waals surface area contributed by atoms with Crippen LogP contribution < -0.4 is 4.90 Å². The van der Waals surface area contributed by atoms with Crippen molar-refractivity contribution in [2.24, 2.45) is 0 Å². The van der Waals surface area contributed by atoms with Gasteiger partial charge in [-0.05, 0) is 42.7 Å². The molecule has 2 aromatic rings. The monoisotopic (exact) mass is 324 g/mol. The maximum Gasteiger partial charge on any atom is 0.220 e. The standard InChI is InChI=1S/C18H16N2O2S/c1-3-14-6-4-5-7-16(14)20-12-15(11-19)23(21,22)18-9-8-13(2)10-17(18)20/h4-10,12H,3H2,1-2H3. The number of aryl methyl sites for hydroxylation is 2. The Bertz CT molecular complexity index is 953. The highest BCUT2D eigenvalue weighted by atomic mass is 32.2. The molecule has 0 aromatic heterocycles. The van der Waals surface area contributed by atoms with Crippen LogP contribution in [0.1, 0.15) is 18.1 Å². The lowest BCUT2D eigenvalue weighted by Gasteiger charge is -2.29. The van der Waals surface area contributed by atoms with E-state index in [1.165, 1.54) is 6.20 Å². The molecule has 4 nitrogen and oxygen atoms in total. The first-order chi connectivity index (χ1) is 11.0. The summed E-state index contributed by atoms with van der Waals surface area (Å²) in [6.07, 6.45) is 2.24. The molecular formula is C18H16N2O2S. The molecule has 1 heterocycles. The molecule has 2 aromatic carbocycles. The van der Waals surface area contributed by atoms with E-state index in [-0.39, 0.29) is 9.80 Å². The Hall–Kier alpha value is -2.58. The van der Waals surface area contributed by atoms with Crippen LogP contribution in [0.5, 0.6) is 0 Å². The van der Waals surface area contributed by atoms with E-state index < -0.39 is 9.84 Å². The van der Waals surface area contributed by atoms with Crippen LogP contribution in [-0.4, -0.2) is 8.42 Å². The Morgan fingerprint density at radius 1 is 1.13 bits per heavy atom. The number of rotatable bonds is 2. The van der Waals surface area contributed by atoms with E-state index >= 15 is 0 Å². The van der Waals surface area contributed by atoms with E-state index in [4.69, 9.17) is 0 Å². The fourth-order valence-corrected chi connectivity index (χ4v) is 4.03. The molecular weight excluding hydrogens is 308 g/mol. The van der Waals surface area contributed by atoms with Crippen LogP contribution in [0.4, 0.5) is 11.4 Å². The van der Waals surface area contributed by atoms with Gasteiger partial charge in [0.1, 0.15) is 6.07 Å². The maximum absolute atomic E-state index is 12.6. The van der Waals surface area contributed by atoms with Crippen molar-refractivity contribution in [3.8, 4) is 6.07 Å². The fourth-order valence-electron chi connectivity index (χ4n) is 2.75. The SMILES string of the molecule is CCc1ccccc1N1C=C(C#N)S(=O)(=O)c2ccc(C)cc21. The first-order valence-electron chi connectivity index (χ1n) is 7.34. The van der Waals surface area contributed by atoms with Crippen LogP contribution in [0.25, 0.3) is 0 Å². The van der Waals surface area contributed by atoms with Crippen LogP contribution >= 0.6 is 0 Å². The zero-order valence-corrected chi connectivity index (χ0v) is 13.8. The predicted octanol–water partition coefficient (Wildman–Crippen LogP) is 3.85. The smallest absolute Gasteiger partial charge is 0.220 e. The number of allylic oxidation sites excluding steroid dienone is 1. The van der Waals surface area contributed by atoms with Crippen LogP contribution in [0.15, 0.2) is 58.5 Å². The van der Waals surface area contributed by atoms with Crippen LogP contribution in [0, 0.1) is 18.3 Å². The van der Waals surface area contributed by atoms with E-state index in [1.807, 2.05) is 50.2 Å². The van der Waals surface area contributed by atoms with Crippen molar-refractivity contribution in [1.29, 1.82) is 5.26 Å². The van der Waals surface area contributed by atoms with Gasteiger partial charge in [-0.2, -0.15) is 5.26 Å². The van der Waals surface area contributed by atoms with Gasteiger partial charge in [-0.1, -0.05) is 31.2 Å². The fraction of sp³-hybridized carbons (Fsp3) is 0.167. The van der Waals surface area contributed by atoms with E-state index in [0.29, 0.717) is 5.69 Å². The van der Waals surface area contributed by atoms with Crippen molar-refractivity contribution < 1.29 is 8.42 Å². The third kappa shape index (κ3) is 2.41. The first kappa shape index (κ1) is 15.3. The summed E-state index contributed by atoms with van der Waals surface area (Å²) in [6, 6.07) is 14.8. The van der Waals surface area contributed by atoms with Crippen molar-refractivity contribution >= 4 is 21.2 Å². The van der Waals surface area contributed by atoms with Gasteiger partial charge in [0.15, 0.2) is 4.91 Å². The zero-order valence-electron chi connectivity index (χ0n) is 12.9. The number of sulfone groups is 1. The van der Waals surface area contributed by atoms with Gasteiger partial charge in [0, 0.05) is 11.9 Å². The van der Waals surface area contributed by atoms with Gasteiger partial charge >= 0.3 is 0 Å². The molecule has 0 N–H and O–H groups in total. The Kier molecular flexibility index (Phi) is 3.70. The minimum absolute atomic E-state index is 0.174. The van der Waals surface area contributed by atoms with Crippen molar-refractivity contribution in [2.45, 2.75) is 25.2 Å². The van der Waals surface area contributed by atoms with Gasteiger partial charge in [0.05, 0.1) is 10.6 Å². The molecule has 3 rings (SSSR count). The quantitative estimate of drug-likeness (QED) is 0.842. The van der Waals surface area contributed by atoms with Gasteiger partial charge in [0.2, 0.25) is 9.84 Å². The summed E-state index contributed by atoms with van der Waals surface area (Å²) in [4.78, 5) is 1.74. The van der Waals surface area contributed by atoms with Gasteiger partial charge in [-0.25, -0.2) is 8.42 Å². The summed E-state index contributed by atoms with van der Waals surface area (Å²) in [5, 5.41) is 9.27. The molecule has 1 aliphatic rings. The second-order valence-corrected chi connectivity index (χ2v) is 7.32. The molecule has 0 saturated heterocycles. The predicted molar refractivity (Wildman–Crippen MR) is 90.0 cm³/mol. The lowest BCUT2D eigenvalue weighted by atomic mass is 10.1. The van der Waals surface area contributed by atoms with Crippen LogP contribution in [0.3, 0.4) is 0 Å². The van der Waals surface area contributed by atoms with Gasteiger partial charge < -0.3 is 4.90 Å². The number of anilines is 2. The van der Waals surface area contributed by atoms with E-state index in [1.54, 1.807) is 17.0 Å². The largest absolute Gasteiger partial charge is 0.314 e. The van der Waals surface area contributed by atoms with Crippen molar-refractivity contribution in [1.82, 2.24) is 0 Å². The Morgan fingerprint density at radius 3 is 2.57 bits per heavy atom. The number of fused-ring (bicyclic) bond motifs is 1. The molecule has 0 saturated carbocycles. The van der Waals surface area contributed by atoms with E-state index in [2.05, 4.69) is 0 Å². The Balaban J connectivity index is 2.34. The molecule has 0 radical (unpaired) electrons. The minimum Gasteiger partial charge on any atom is -0.314 e. The number of nitriles is 1. The third-order valence-electron chi connectivity index (χ3n) is 3.94. The summed E-state index contributed by atoms with van der Waals surface area (Å²) >= 11 is 0. The zero-order chi connectivity index (χ0) is 16.6. The average Bonchev–Trinajstić information content (AvgIpc) is 2.54. The molecule has 0 fully saturated rings. The molecule has 0 unspecified atom stereocenters. The lowest BCUT2D eigenvalue weighted by Crippen LogP contribution is -2.22. The normalized spacial score (nSPS) is 15.5. The van der Waals surface area contributed by atoms with Crippen molar-refractivity contribution in [3.63, 3.8) is 0 Å². The molecule has 0 bridgehead atoms. The van der Waals surface area contributed by atoms with Crippen molar-refractivity contribution in [3.05, 3.63) is 64.7 Å². The highest BCUT2D eigenvalue weighted by Gasteiger charge is 2.32. The van der Waals surface area contributed by atoms with Gasteiger partial charge in [0.25, 0.3) is 0 Å². The maximum atomic E-state index is 12.6. The molecule has 0 aliphatic carbocycles. The summed E-state index contributed by atoms with van der Waals surface area (Å²) in [7, 11) is -3.75. The van der Waals surface area contributed by atoms with Crippen LogP contribution in [-0.2, 0) is 16.3 Å². The number of hydrogen-bond donors (Lipinski definition) is 0. The number of para-hydroxylation sites is 1. The molecule has 5 heteroatoms. The molecule has 0 amide bonds. The first-order valence-corrected chi connectivity index (χ1v) is 8.82. The Morgan fingerprint density at radius 2 is 1.87 bits per heavy atom. The van der Waals surface area contributed by atoms with E-state index in [0.717, 1.165) is 23.2 Å². The van der Waals surface area contributed by atoms with E-state index in [9.17, 15) is 13.7 Å². The highest BCUT2D eigenvalue weighted by Crippen LogP contribution is 2.40. The molecule has 0 spiro atoms. The lowest BCUT2D eigenvalue weighted by molar-refractivity contribution is 0.602. The topological polar surface area (TPSA) is 61.2 Å². The Labute approximate surface area is 136 Å². The van der Waals surface area contributed by atoms with Gasteiger partial charge in [-0.15, -0.1) is 0 Å². The number of benzene rings is 2. The highest BCUT2D eigenvalue weighted by molar-refractivity contribution is 7.95. The second-order valence-electron chi connectivity index (χ2n) is 5.43. The van der Waals surface area contributed by atoms with Crippen molar-refractivity contribution in [2.75, 3.05) is 4.90 Å². The molecule has 23 heavy (non-hydrogen) atoms. The summed E-state index contributed by atoms with van der Waals surface area (Å²) in [6.45, 7) is 3.96. The second kappa shape index (κ2) is 5.56. The van der Waals surface area contributed by atoms with Crippen LogP contribution in [0.2, 0.25) is 0 Å². The number of hydrogen-bond acceptors (Lipinski definition) is 4. The molecule has 1 aliphatic heterocycles. The summed E-state index contributed by atoms with van der Waals surface area (Å²) < 4.78 is 25.1. The molecule has 116 valence electrons.